The summed E-state index contributed by atoms with van der Waals surface area (Å²) in [4.78, 5) is 73.5. The quantitative estimate of drug-likeness (QED) is 0.466. The van der Waals surface area contributed by atoms with Crippen molar-refractivity contribution in [2.24, 2.45) is 5.92 Å². The summed E-state index contributed by atoms with van der Waals surface area (Å²) < 4.78 is 16.4. The van der Waals surface area contributed by atoms with Crippen LogP contribution in [0.15, 0.2) is 40.8 Å². The Labute approximate surface area is 252 Å². The molecule has 2 aliphatic heterocycles. The molecule has 13 heteroatoms. The van der Waals surface area contributed by atoms with E-state index in [1.54, 1.807) is 17.5 Å². The molecule has 2 atom stereocenters. The number of hydrogen-bond acceptors (Lipinski definition) is 7. The molecule has 1 aromatic carbocycles. The summed E-state index contributed by atoms with van der Waals surface area (Å²) in [6.07, 6.45) is 3.36. The smallest absolute Gasteiger partial charge is 0.271 e. The lowest BCUT2D eigenvalue weighted by atomic mass is 10.0. The summed E-state index contributed by atoms with van der Waals surface area (Å²) >= 11 is 1.24. The highest BCUT2D eigenvalue weighted by Crippen LogP contribution is 2.23. The molecule has 3 aromatic rings. The molecule has 0 radical (unpaired) electrons. The van der Waals surface area contributed by atoms with Crippen LogP contribution in [0.4, 0.5) is 4.39 Å². The Hall–Kier alpha value is -4.13. The molecule has 0 aliphatic carbocycles. The summed E-state index contributed by atoms with van der Waals surface area (Å²) in [5.41, 5.74) is 0.869. The van der Waals surface area contributed by atoms with Crippen LogP contribution in [0.1, 0.15) is 49.0 Å². The van der Waals surface area contributed by atoms with Gasteiger partial charge in [-0.2, -0.15) is 0 Å². The van der Waals surface area contributed by atoms with Crippen molar-refractivity contribution in [1.82, 2.24) is 30.0 Å². The predicted molar refractivity (Wildman–Crippen MR) is 159 cm³/mol. The van der Waals surface area contributed by atoms with Gasteiger partial charge in [0, 0.05) is 25.7 Å². The van der Waals surface area contributed by atoms with Gasteiger partial charge in [-0.05, 0) is 60.7 Å². The standard InChI is InChI=1S/C30H35FN6O5S/c1-18(2)23-14-35(26(39)16-36-17-33-22-9-12-43-27(22)30(36)42)15-25(38)32-10-3-5-19-7-8-21(31)20(13-19)29(41)37-11-4-6-24(37)28(40)34-23/h7-9,12-13,17-18,23-24H,3-6,10-11,14-16H2,1-2H3,(H,32,38)(H,34,40)/t23-,24-/m0/s1. The zero-order valence-electron chi connectivity index (χ0n) is 24.2. The van der Waals surface area contributed by atoms with Crippen LogP contribution >= 0.6 is 11.3 Å². The van der Waals surface area contributed by atoms with Gasteiger partial charge in [0.05, 0.1) is 24.0 Å². The molecule has 0 spiro atoms. The first-order chi connectivity index (χ1) is 20.6. The molecule has 228 valence electrons. The first kappa shape index (κ1) is 30.3. The topological polar surface area (TPSA) is 134 Å². The average Bonchev–Trinajstić information content (AvgIpc) is 3.66. The van der Waals surface area contributed by atoms with Crippen molar-refractivity contribution in [2.75, 3.05) is 26.2 Å². The Balaban J connectivity index is 1.42. The molecule has 11 nitrogen and oxygen atoms in total. The molecule has 5 rings (SSSR count). The number of aryl methyl sites for hydroxylation is 1. The molecule has 1 fully saturated rings. The van der Waals surface area contributed by atoms with E-state index in [0.717, 1.165) is 5.56 Å². The third-order valence-electron chi connectivity index (χ3n) is 8.02. The van der Waals surface area contributed by atoms with Crippen molar-refractivity contribution in [1.29, 1.82) is 0 Å². The lowest BCUT2D eigenvalue weighted by molar-refractivity contribution is -0.137. The van der Waals surface area contributed by atoms with Crippen molar-refractivity contribution in [3.8, 4) is 0 Å². The van der Waals surface area contributed by atoms with Gasteiger partial charge in [0.25, 0.3) is 11.5 Å². The molecule has 43 heavy (non-hydrogen) atoms. The largest absolute Gasteiger partial charge is 0.355 e. The maximum Gasteiger partial charge on any atom is 0.271 e. The summed E-state index contributed by atoms with van der Waals surface area (Å²) in [7, 11) is 0. The van der Waals surface area contributed by atoms with Gasteiger partial charge in [0.2, 0.25) is 17.7 Å². The first-order valence-electron chi connectivity index (χ1n) is 14.5. The highest BCUT2D eigenvalue weighted by molar-refractivity contribution is 7.17. The molecule has 2 bridgehead atoms. The zero-order valence-corrected chi connectivity index (χ0v) is 25.0. The fraction of sp³-hybridized carbons (Fsp3) is 0.467. The lowest BCUT2D eigenvalue weighted by Crippen LogP contribution is -2.55. The number of nitrogens with one attached hydrogen (secondary N) is 2. The molecule has 1 saturated heterocycles. The van der Waals surface area contributed by atoms with Crippen LogP contribution in [0.25, 0.3) is 10.2 Å². The normalized spacial score (nSPS) is 20.6. The molecule has 0 saturated carbocycles. The Morgan fingerprint density at radius 1 is 1.16 bits per heavy atom. The summed E-state index contributed by atoms with van der Waals surface area (Å²) in [6.45, 7) is 3.82. The van der Waals surface area contributed by atoms with Crippen LogP contribution in [0.2, 0.25) is 0 Å². The second-order valence-corrected chi connectivity index (χ2v) is 12.3. The number of hydrogen-bond donors (Lipinski definition) is 2. The Bertz CT molecular complexity index is 1600. The number of rotatable bonds is 3. The van der Waals surface area contributed by atoms with Gasteiger partial charge in [-0.1, -0.05) is 19.9 Å². The number of carbonyl (C=O) groups is 4. The Morgan fingerprint density at radius 2 is 1.98 bits per heavy atom. The number of aromatic nitrogens is 2. The minimum atomic E-state index is -0.790. The molecular weight excluding hydrogens is 575 g/mol. The third kappa shape index (κ3) is 6.76. The van der Waals surface area contributed by atoms with E-state index in [2.05, 4.69) is 15.6 Å². The number of nitrogens with zero attached hydrogens (tertiary/aromatic N) is 4. The Morgan fingerprint density at radius 3 is 2.77 bits per heavy atom. The van der Waals surface area contributed by atoms with Crippen LogP contribution in [0.3, 0.4) is 0 Å². The summed E-state index contributed by atoms with van der Waals surface area (Å²) in [6, 6.07) is 4.76. The highest BCUT2D eigenvalue weighted by Gasteiger charge is 2.37. The Kier molecular flexibility index (Phi) is 9.19. The number of fused-ring (bicyclic) bond motifs is 4. The van der Waals surface area contributed by atoms with Gasteiger partial charge in [0.15, 0.2) is 0 Å². The number of halogens is 1. The fourth-order valence-electron chi connectivity index (χ4n) is 5.51. The SMILES string of the molecule is CC(C)[C@@H]1CN(C(=O)Cn2cnc3ccsc3c2=O)CC(=O)NCCCc2ccc(F)c(c2)C(=O)N2CCC[C@H]2C(=O)N1. The fourth-order valence-corrected chi connectivity index (χ4v) is 6.30. The number of amides is 4. The van der Waals surface area contributed by atoms with Crippen molar-refractivity contribution in [3.63, 3.8) is 0 Å². The highest BCUT2D eigenvalue weighted by atomic mass is 32.1. The lowest BCUT2D eigenvalue weighted by Gasteiger charge is -2.32. The van der Waals surface area contributed by atoms with Crippen molar-refractivity contribution in [3.05, 3.63) is 63.3 Å². The maximum atomic E-state index is 14.8. The van der Waals surface area contributed by atoms with Gasteiger partial charge in [-0.3, -0.25) is 28.5 Å². The second kappa shape index (κ2) is 13.0. The van der Waals surface area contributed by atoms with Crippen molar-refractivity contribution < 1.29 is 23.6 Å². The minimum Gasteiger partial charge on any atom is -0.355 e. The van der Waals surface area contributed by atoms with E-state index in [1.807, 2.05) is 13.8 Å². The zero-order chi connectivity index (χ0) is 30.7. The molecule has 0 unspecified atom stereocenters. The van der Waals surface area contributed by atoms with Crippen molar-refractivity contribution in [2.45, 2.75) is 58.2 Å². The van der Waals surface area contributed by atoms with Crippen LogP contribution in [0, 0.1) is 11.7 Å². The molecule has 4 amide bonds. The summed E-state index contributed by atoms with van der Waals surface area (Å²) in [5.74, 6) is -2.58. The van der Waals surface area contributed by atoms with Crippen LogP contribution in [0.5, 0.6) is 0 Å². The van der Waals surface area contributed by atoms with E-state index in [-0.39, 0.29) is 42.6 Å². The van der Waals surface area contributed by atoms with Gasteiger partial charge in [-0.15, -0.1) is 11.3 Å². The molecule has 4 heterocycles. The summed E-state index contributed by atoms with van der Waals surface area (Å²) in [5, 5.41) is 7.57. The molecular formula is C30H35FN6O5S. The average molecular weight is 611 g/mol. The molecule has 2 N–H and O–H groups in total. The van der Waals surface area contributed by atoms with Crippen LogP contribution in [-0.2, 0) is 27.3 Å². The van der Waals surface area contributed by atoms with E-state index in [4.69, 9.17) is 0 Å². The maximum absolute atomic E-state index is 14.8. The number of benzene rings is 1. The van der Waals surface area contributed by atoms with E-state index in [9.17, 15) is 28.4 Å². The molecule has 2 aromatic heterocycles. The van der Waals surface area contributed by atoms with Gasteiger partial charge in [-0.25, -0.2) is 9.37 Å². The van der Waals surface area contributed by atoms with Gasteiger partial charge < -0.3 is 20.4 Å². The predicted octanol–water partition coefficient (Wildman–Crippen LogP) is 1.93. The van der Waals surface area contributed by atoms with E-state index < -0.39 is 35.6 Å². The number of carbonyl (C=O) groups excluding carboxylic acids is 4. The third-order valence-corrected chi connectivity index (χ3v) is 8.91. The number of thiophene rings is 1. The monoisotopic (exact) mass is 610 g/mol. The van der Waals surface area contributed by atoms with Gasteiger partial charge >= 0.3 is 0 Å². The molecule has 2 aliphatic rings. The first-order valence-corrected chi connectivity index (χ1v) is 15.4. The van der Waals surface area contributed by atoms with E-state index in [1.165, 1.54) is 44.2 Å². The minimum absolute atomic E-state index is 0.00908. The second-order valence-electron chi connectivity index (χ2n) is 11.4. The van der Waals surface area contributed by atoms with Crippen molar-refractivity contribution >= 4 is 45.2 Å². The van der Waals surface area contributed by atoms with E-state index >= 15 is 0 Å². The van der Waals surface area contributed by atoms with Crippen LogP contribution in [-0.4, -0.2) is 81.2 Å². The van der Waals surface area contributed by atoms with Crippen LogP contribution < -0.4 is 16.2 Å². The van der Waals surface area contributed by atoms with Gasteiger partial charge in [0.1, 0.15) is 23.1 Å². The van der Waals surface area contributed by atoms with E-state index in [0.29, 0.717) is 49.0 Å².